The van der Waals surface area contributed by atoms with Crippen molar-refractivity contribution in [1.29, 1.82) is 0 Å². The monoisotopic (exact) mass is 316 g/mol. The lowest BCUT2D eigenvalue weighted by molar-refractivity contribution is 0.0600. The molecule has 0 bridgehead atoms. The fourth-order valence-electron chi connectivity index (χ4n) is 2.48. The maximum Gasteiger partial charge on any atom is 0.337 e. The molecule has 0 amide bonds. The van der Waals surface area contributed by atoms with Crippen LogP contribution in [0, 0.1) is 5.82 Å². The number of benzene rings is 2. The summed E-state index contributed by atoms with van der Waals surface area (Å²) in [6, 6.07) is 9.80. The van der Waals surface area contributed by atoms with E-state index in [4.69, 9.17) is 9.47 Å². The summed E-state index contributed by atoms with van der Waals surface area (Å²) in [5.41, 5.74) is 2.23. The Bertz CT molecular complexity index is 730. The van der Waals surface area contributed by atoms with E-state index in [1.807, 2.05) is 20.8 Å². The van der Waals surface area contributed by atoms with Gasteiger partial charge in [-0.15, -0.1) is 0 Å². The number of hydrogen-bond donors (Lipinski definition) is 0. The van der Waals surface area contributed by atoms with Gasteiger partial charge in [0.2, 0.25) is 0 Å². The van der Waals surface area contributed by atoms with Gasteiger partial charge in [-0.05, 0) is 46.9 Å². The Morgan fingerprint density at radius 3 is 2.26 bits per heavy atom. The van der Waals surface area contributed by atoms with E-state index in [1.54, 1.807) is 37.4 Å². The second-order valence-electron chi connectivity index (χ2n) is 6.35. The summed E-state index contributed by atoms with van der Waals surface area (Å²) in [7, 11) is 2.89. The lowest BCUT2D eigenvalue weighted by Gasteiger charge is -2.24. The second kappa shape index (κ2) is 6.41. The third-order valence-corrected chi connectivity index (χ3v) is 3.71. The van der Waals surface area contributed by atoms with Crippen LogP contribution in [0.4, 0.5) is 4.39 Å². The van der Waals surface area contributed by atoms with Crippen molar-refractivity contribution in [3.63, 3.8) is 0 Å². The zero-order chi connectivity index (χ0) is 17.2. The molecule has 0 saturated carbocycles. The topological polar surface area (TPSA) is 35.5 Å². The van der Waals surface area contributed by atoms with Crippen LogP contribution in [0.2, 0.25) is 0 Å². The first-order valence-corrected chi connectivity index (χ1v) is 7.34. The van der Waals surface area contributed by atoms with Gasteiger partial charge >= 0.3 is 5.97 Å². The Morgan fingerprint density at radius 2 is 1.70 bits per heavy atom. The zero-order valence-corrected chi connectivity index (χ0v) is 14.1. The molecule has 0 unspecified atom stereocenters. The fraction of sp³-hybridized carbons (Fsp3) is 0.316. The molecule has 0 radical (unpaired) electrons. The Balaban J connectivity index is 2.69. The van der Waals surface area contributed by atoms with E-state index in [1.165, 1.54) is 13.2 Å². The van der Waals surface area contributed by atoms with Crippen LogP contribution in [0.5, 0.6) is 5.75 Å². The van der Waals surface area contributed by atoms with Gasteiger partial charge in [0.1, 0.15) is 11.6 Å². The minimum Gasteiger partial charge on any atom is -0.497 e. The zero-order valence-electron chi connectivity index (χ0n) is 14.1. The largest absolute Gasteiger partial charge is 0.497 e. The highest BCUT2D eigenvalue weighted by molar-refractivity contribution is 5.91. The molecule has 23 heavy (non-hydrogen) atoms. The summed E-state index contributed by atoms with van der Waals surface area (Å²) in [5.74, 6) is -0.159. The van der Waals surface area contributed by atoms with Crippen molar-refractivity contribution in [2.45, 2.75) is 26.2 Å². The number of carbonyl (C=O) groups excluding carboxylic acids is 1. The third kappa shape index (κ3) is 3.52. The molecule has 2 aromatic carbocycles. The molecule has 4 heteroatoms. The molecular formula is C19H21FO3. The molecule has 0 spiro atoms. The van der Waals surface area contributed by atoms with Gasteiger partial charge in [0.05, 0.1) is 19.8 Å². The minimum absolute atomic E-state index is 0.269. The molecule has 0 aliphatic carbocycles. The molecule has 3 nitrogen and oxygen atoms in total. The van der Waals surface area contributed by atoms with Crippen LogP contribution >= 0.6 is 0 Å². The van der Waals surface area contributed by atoms with Gasteiger partial charge in [-0.3, -0.25) is 0 Å². The summed E-state index contributed by atoms with van der Waals surface area (Å²) in [6.45, 7) is 6.06. The van der Waals surface area contributed by atoms with Gasteiger partial charge in [-0.25, -0.2) is 9.18 Å². The quantitative estimate of drug-likeness (QED) is 0.777. The Kier molecular flexibility index (Phi) is 4.73. The van der Waals surface area contributed by atoms with Crippen molar-refractivity contribution in [3.05, 3.63) is 53.3 Å². The van der Waals surface area contributed by atoms with E-state index in [9.17, 15) is 9.18 Å². The molecule has 0 fully saturated rings. The highest BCUT2D eigenvalue weighted by Crippen LogP contribution is 2.36. The van der Waals surface area contributed by atoms with E-state index in [0.717, 1.165) is 11.1 Å². The average Bonchev–Trinajstić information content (AvgIpc) is 2.53. The average molecular weight is 316 g/mol. The Labute approximate surface area is 136 Å². The van der Waals surface area contributed by atoms with Crippen LogP contribution in [-0.4, -0.2) is 20.2 Å². The molecular weight excluding hydrogens is 295 g/mol. The maximum absolute atomic E-state index is 14.3. The van der Waals surface area contributed by atoms with E-state index < -0.39 is 5.97 Å². The van der Waals surface area contributed by atoms with E-state index in [2.05, 4.69) is 0 Å². The molecule has 122 valence electrons. The Morgan fingerprint density at radius 1 is 1.00 bits per heavy atom. The van der Waals surface area contributed by atoms with E-state index in [0.29, 0.717) is 16.9 Å². The van der Waals surface area contributed by atoms with Gasteiger partial charge in [0.15, 0.2) is 0 Å². The van der Waals surface area contributed by atoms with Crippen LogP contribution in [0.15, 0.2) is 36.4 Å². The Hall–Kier alpha value is -2.36. The van der Waals surface area contributed by atoms with Gasteiger partial charge in [0.25, 0.3) is 0 Å². The molecule has 2 aromatic rings. The minimum atomic E-state index is -0.409. The molecule has 0 heterocycles. The first-order valence-electron chi connectivity index (χ1n) is 7.34. The highest BCUT2D eigenvalue weighted by Gasteiger charge is 2.22. The van der Waals surface area contributed by atoms with Crippen molar-refractivity contribution in [2.24, 2.45) is 0 Å². The number of hydrogen-bond acceptors (Lipinski definition) is 3. The number of methoxy groups -OCH3 is 2. The predicted molar refractivity (Wildman–Crippen MR) is 88.4 cm³/mol. The highest BCUT2D eigenvalue weighted by atomic mass is 19.1. The van der Waals surface area contributed by atoms with Crippen LogP contribution in [0.25, 0.3) is 11.1 Å². The second-order valence-corrected chi connectivity index (χ2v) is 6.35. The summed E-state index contributed by atoms with van der Waals surface area (Å²) >= 11 is 0. The maximum atomic E-state index is 14.3. The molecule has 0 N–H and O–H groups in total. The smallest absolute Gasteiger partial charge is 0.337 e. The first kappa shape index (κ1) is 17.0. The van der Waals surface area contributed by atoms with Crippen LogP contribution in [0.3, 0.4) is 0 Å². The van der Waals surface area contributed by atoms with Gasteiger partial charge < -0.3 is 9.47 Å². The van der Waals surface area contributed by atoms with Crippen LogP contribution < -0.4 is 4.74 Å². The fourth-order valence-corrected chi connectivity index (χ4v) is 2.48. The lowest BCUT2D eigenvalue weighted by atomic mass is 9.81. The van der Waals surface area contributed by atoms with E-state index in [-0.39, 0.29) is 11.2 Å². The first-order chi connectivity index (χ1) is 10.8. The standard InChI is InChI=1S/C19H21FO3/c1-19(2,3)16-10-12(18(21)23-5)6-8-14(16)15-11-13(22-4)7-9-17(15)20/h6-11H,1-5H3. The summed E-state index contributed by atoms with van der Waals surface area (Å²) in [5, 5.41) is 0. The number of carbonyl (C=O) groups is 1. The summed E-state index contributed by atoms with van der Waals surface area (Å²) < 4.78 is 24.3. The number of ether oxygens (including phenoxy) is 2. The van der Waals surface area contributed by atoms with Crippen molar-refractivity contribution in [2.75, 3.05) is 14.2 Å². The summed E-state index contributed by atoms with van der Waals surface area (Å²) in [4.78, 5) is 11.8. The molecule has 0 aliphatic heterocycles. The summed E-state index contributed by atoms with van der Waals surface area (Å²) in [6.07, 6.45) is 0. The van der Waals surface area contributed by atoms with Crippen molar-refractivity contribution in [1.82, 2.24) is 0 Å². The van der Waals surface area contributed by atoms with Gasteiger partial charge in [-0.1, -0.05) is 26.8 Å². The molecule has 2 rings (SSSR count). The van der Waals surface area contributed by atoms with E-state index >= 15 is 0 Å². The van der Waals surface area contributed by atoms with Gasteiger partial charge in [-0.2, -0.15) is 0 Å². The van der Waals surface area contributed by atoms with Crippen molar-refractivity contribution < 1.29 is 18.7 Å². The molecule has 0 saturated heterocycles. The predicted octanol–water partition coefficient (Wildman–Crippen LogP) is 4.59. The number of esters is 1. The number of rotatable bonds is 3. The van der Waals surface area contributed by atoms with Gasteiger partial charge in [0, 0.05) is 5.56 Å². The SMILES string of the molecule is COC(=O)c1ccc(-c2cc(OC)ccc2F)c(C(C)(C)C)c1. The molecule has 0 aromatic heterocycles. The molecule has 0 aliphatic rings. The molecule has 0 atom stereocenters. The third-order valence-electron chi connectivity index (χ3n) is 3.71. The van der Waals surface area contributed by atoms with Crippen molar-refractivity contribution >= 4 is 5.97 Å². The normalized spacial score (nSPS) is 11.2. The van der Waals surface area contributed by atoms with Crippen LogP contribution in [0.1, 0.15) is 36.7 Å². The lowest BCUT2D eigenvalue weighted by Crippen LogP contribution is -2.15. The number of halogens is 1. The van der Waals surface area contributed by atoms with Crippen molar-refractivity contribution in [3.8, 4) is 16.9 Å². The van der Waals surface area contributed by atoms with Crippen LogP contribution in [-0.2, 0) is 10.2 Å².